The summed E-state index contributed by atoms with van der Waals surface area (Å²) >= 11 is 0. The van der Waals surface area contributed by atoms with Crippen LogP contribution >= 0.6 is 0 Å². The molecule has 1 amide bonds. The zero-order valence-corrected chi connectivity index (χ0v) is 12.5. The zero-order valence-electron chi connectivity index (χ0n) is 12.5. The van der Waals surface area contributed by atoms with Crippen LogP contribution in [0.4, 0.5) is 4.79 Å². The van der Waals surface area contributed by atoms with Crippen molar-refractivity contribution in [3.05, 3.63) is 0 Å². The Hall–Kier alpha value is -0.770. The van der Waals surface area contributed by atoms with Crippen molar-refractivity contribution in [2.45, 2.75) is 64.5 Å². The molecule has 4 heteroatoms. The molecule has 2 aliphatic rings. The molecule has 1 aliphatic heterocycles. The number of carbonyl (C=O) groups excluding carboxylic acids is 1. The number of nitrogens with two attached hydrogens (primary N) is 1. The maximum Gasteiger partial charge on any atom is 0.410 e. The van der Waals surface area contributed by atoms with Crippen molar-refractivity contribution < 1.29 is 9.53 Å². The maximum absolute atomic E-state index is 12.0. The van der Waals surface area contributed by atoms with Crippen LogP contribution in [0.1, 0.15) is 52.9 Å². The average Bonchev–Trinajstić information content (AvgIpc) is 2.77. The molecule has 0 aromatic rings. The molecule has 0 spiro atoms. The minimum atomic E-state index is -0.396. The number of carbonyl (C=O) groups is 1. The van der Waals surface area contributed by atoms with Gasteiger partial charge in [-0.15, -0.1) is 0 Å². The van der Waals surface area contributed by atoms with Crippen molar-refractivity contribution in [2.75, 3.05) is 13.1 Å². The molecule has 19 heavy (non-hydrogen) atoms. The van der Waals surface area contributed by atoms with Crippen molar-refractivity contribution in [3.63, 3.8) is 0 Å². The van der Waals surface area contributed by atoms with Crippen LogP contribution in [0.15, 0.2) is 0 Å². The third-order valence-corrected chi connectivity index (χ3v) is 4.36. The Bertz CT molecular complexity index is 317. The smallest absolute Gasteiger partial charge is 0.410 e. The van der Waals surface area contributed by atoms with E-state index in [1.807, 2.05) is 25.7 Å². The van der Waals surface area contributed by atoms with Crippen LogP contribution in [0, 0.1) is 11.8 Å². The molecule has 1 saturated carbocycles. The fourth-order valence-electron chi connectivity index (χ4n) is 3.28. The summed E-state index contributed by atoms with van der Waals surface area (Å²) in [6.45, 7) is 7.47. The first-order chi connectivity index (χ1) is 8.85. The summed E-state index contributed by atoms with van der Waals surface area (Å²) in [6, 6.07) is 0.402. The van der Waals surface area contributed by atoms with E-state index >= 15 is 0 Å². The van der Waals surface area contributed by atoms with Crippen LogP contribution in [-0.2, 0) is 4.74 Å². The fraction of sp³-hybridized carbons (Fsp3) is 0.933. The number of hydrogen-bond donors (Lipinski definition) is 1. The summed E-state index contributed by atoms with van der Waals surface area (Å²) in [5, 5.41) is 0. The number of hydrogen-bond acceptors (Lipinski definition) is 3. The van der Waals surface area contributed by atoms with E-state index < -0.39 is 5.60 Å². The number of likely N-dealkylation sites (tertiary alicyclic amines) is 1. The standard InChI is InChI=1S/C15H28N2O2/c1-15(2,3)19-14(18)17-9-8-12(10-17)11-4-6-13(16)7-5-11/h11-13H,4-10,16H2,1-3H3. The molecule has 1 aliphatic carbocycles. The Labute approximate surface area is 116 Å². The van der Waals surface area contributed by atoms with Gasteiger partial charge in [0.2, 0.25) is 0 Å². The summed E-state index contributed by atoms with van der Waals surface area (Å²) in [4.78, 5) is 13.9. The lowest BCUT2D eigenvalue weighted by Crippen LogP contribution is -2.36. The van der Waals surface area contributed by atoms with Crippen LogP contribution in [-0.4, -0.2) is 35.7 Å². The van der Waals surface area contributed by atoms with E-state index in [9.17, 15) is 4.79 Å². The first-order valence-electron chi connectivity index (χ1n) is 7.58. The Kier molecular flexibility index (Phi) is 4.39. The van der Waals surface area contributed by atoms with Crippen LogP contribution < -0.4 is 5.73 Å². The van der Waals surface area contributed by atoms with E-state index in [-0.39, 0.29) is 6.09 Å². The lowest BCUT2D eigenvalue weighted by atomic mass is 9.78. The molecule has 2 N–H and O–H groups in total. The summed E-state index contributed by atoms with van der Waals surface area (Å²) in [5.74, 6) is 1.41. The summed E-state index contributed by atoms with van der Waals surface area (Å²) in [7, 11) is 0. The average molecular weight is 268 g/mol. The minimum absolute atomic E-state index is 0.150. The first-order valence-corrected chi connectivity index (χ1v) is 7.58. The molecule has 2 fully saturated rings. The van der Waals surface area contributed by atoms with E-state index in [0.29, 0.717) is 12.0 Å². The van der Waals surface area contributed by atoms with Crippen LogP contribution in [0.25, 0.3) is 0 Å². The van der Waals surface area contributed by atoms with E-state index in [1.54, 1.807) is 0 Å². The SMILES string of the molecule is CC(C)(C)OC(=O)N1CCC(C2CCC(N)CC2)C1. The molecular weight excluding hydrogens is 240 g/mol. The van der Waals surface area contributed by atoms with Gasteiger partial charge < -0.3 is 15.4 Å². The zero-order chi connectivity index (χ0) is 14.0. The van der Waals surface area contributed by atoms with E-state index in [1.165, 1.54) is 12.8 Å². The van der Waals surface area contributed by atoms with Crippen molar-refractivity contribution in [2.24, 2.45) is 17.6 Å². The van der Waals surface area contributed by atoms with Crippen molar-refractivity contribution in [1.82, 2.24) is 4.90 Å². The molecule has 1 heterocycles. The van der Waals surface area contributed by atoms with Gasteiger partial charge in [-0.2, -0.15) is 0 Å². The topological polar surface area (TPSA) is 55.6 Å². The van der Waals surface area contributed by atoms with Crippen molar-refractivity contribution in [3.8, 4) is 0 Å². The second-order valence-corrected chi connectivity index (χ2v) is 7.15. The van der Waals surface area contributed by atoms with E-state index in [4.69, 9.17) is 10.5 Å². The maximum atomic E-state index is 12.0. The van der Waals surface area contributed by atoms with Gasteiger partial charge in [-0.25, -0.2) is 4.79 Å². The van der Waals surface area contributed by atoms with Crippen LogP contribution in [0.2, 0.25) is 0 Å². The van der Waals surface area contributed by atoms with Gasteiger partial charge in [0.25, 0.3) is 0 Å². The van der Waals surface area contributed by atoms with Gasteiger partial charge >= 0.3 is 6.09 Å². The highest BCUT2D eigenvalue weighted by atomic mass is 16.6. The largest absolute Gasteiger partial charge is 0.444 e. The molecule has 0 aromatic heterocycles. The van der Waals surface area contributed by atoms with Crippen molar-refractivity contribution >= 4 is 6.09 Å². The highest BCUT2D eigenvalue weighted by molar-refractivity contribution is 5.68. The monoisotopic (exact) mass is 268 g/mol. The molecular formula is C15H28N2O2. The van der Waals surface area contributed by atoms with Gasteiger partial charge in [0.15, 0.2) is 0 Å². The van der Waals surface area contributed by atoms with Crippen LogP contribution in [0.3, 0.4) is 0 Å². The highest BCUT2D eigenvalue weighted by Crippen LogP contribution is 2.35. The molecule has 0 bridgehead atoms. The lowest BCUT2D eigenvalue weighted by Gasteiger charge is -2.30. The van der Waals surface area contributed by atoms with Gasteiger partial charge in [0.05, 0.1) is 0 Å². The second-order valence-electron chi connectivity index (χ2n) is 7.15. The molecule has 4 nitrogen and oxygen atoms in total. The summed E-state index contributed by atoms with van der Waals surface area (Å²) in [5.41, 5.74) is 5.56. The Morgan fingerprint density at radius 2 is 1.74 bits per heavy atom. The second kappa shape index (κ2) is 5.70. The fourth-order valence-corrected chi connectivity index (χ4v) is 3.28. The normalized spacial score (nSPS) is 32.4. The van der Waals surface area contributed by atoms with Gasteiger partial charge in [-0.05, 0) is 64.7 Å². The van der Waals surface area contributed by atoms with Gasteiger partial charge in [0.1, 0.15) is 5.60 Å². The molecule has 110 valence electrons. The molecule has 0 radical (unpaired) electrons. The molecule has 2 rings (SSSR count). The van der Waals surface area contributed by atoms with E-state index in [2.05, 4.69) is 0 Å². The predicted molar refractivity (Wildman–Crippen MR) is 75.8 cm³/mol. The lowest BCUT2D eigenvalue weighted by molar-refractivity contribution is 0.0281. The Balaban J connectivity index is 1.81. The molecule has 1 saturated heterocycles. The Morgan fingerprint density at radius 3 is 2.32 bits per heavy atom. The molecule has 1 unspecified atom stereocenters. The van der Waals surface area contributed by atoms with Gasteiger partial charge in [-0.1, -0.05) is 0 Å². The molecule has 0 aromatic carbocycles. The van der Waals surface area contributed by atoms with Crippen molar-refractivity contribution in [1.29, 1.82) is 0 Å². The van der Waals surface area contributed by atoms with Gasteiger partial charge in [-0.3, -0.25) is 0 Å². The first kappa shape index (κ1) is 14.6. The third kappa shape index (κ3) is 4.10. The minimum Gasteiger partial charge on any atom is -0.444 e. The number of amides is 1. The van der Waals surface area contributed by atoms with Gasteiger partial charge in [0, 0.05) is 19.1 Å². The van der Waals surface area contributed by atoms with E-state index in [0.717, 1.165) is 38.3 Å². The predicted octanol–water partition coefficient (Wildman–Crippen LogP) is 2.76. The Morgan fingerprint density at radius 1 is 1.11 bits per heavy atom. The third-order valence-electron chi connectivity index (χ3n) is 4.36. The molecule has 1 atom stereocenters. The summed E-state index contributed by atoms with van der Waals surface area (Å²) in [6.07, 6.45) is 5.73. The highest BCUT2D eigenvalue weighted by Gasteiger charge is 2.35. The van der Waals surface area contributed by atoms with Crippen LogP contribution in [0.5, 0.6) is 0 Å². The number of nitrogens with zero attached hydrogens (tertiary/aromatic N) is 1. The summed E-state index contributed by atoms with van der Waals surface area (Å²) < 4.78 is 5.44. The number of ether oxygens (including phenoxy) is 1. The number of rotatable bonds is 1. The quantitative estimate of drug-likeness (QED) is 0.795.